The van der Waals surface area contributed by atoms with Crippen molar-refractivity contribution in [2.24, 2.45) is 23.5 Å². The number of piperidine rings is 1. The average molecular weight is 210 g/mol. The summed E-state index contributed by atoms with van der Waals surface area (Å²) < 4.78 is 0. The predicted molar refractivity (Wildman–Crippen MR) is 64.7 cm³/mol. The van der Waals surface area contributed by atoms with Crippen molar-refractivity contribution in [3.63, 3.8) is 0 Å². The number of hydrogen-bond donors (Lipinski definition) is 2. The highest BCUT2D eigenvalue weighted by Gasteiger charge is 2.31. The quantitative estimate of drug-likeness (QED) is 0.746. The summed E-state index contributed by atoms with van der Waals surface area (Å²) in [6.07, 6.45) is 9.95. The van der Waals surface area contributed by atoms with Gasteiger partial charge in [-0.25, -0.2) is 0 Å². The third-order valence-electron chi connectivity index (χ3n) is 4.45. The van der Waals surface area contributed by atoms with Crippen LogP contribution >= 0.6 is 0 Å². The third kappa shape index (κ3) is 2.94. The van der Waals surface area contributed by atoms with Gasteiger partial charge < -0.3 is 11.1 Å². The van der Waals surface area contributed by atoms with Crippen molar-refractivity contribution < 1.29 is 0 Å². The van der Waals surface area contributed by atoms with Gasteiger partial charge in [-0.2, -0.15) is 0 Å². The van der Waals surface area contributed by atoms with E-state index >= 15 is 0 Å². The summed E-state index contributed by atoms with van der Waals surface area (Å²) in [4.78, 5) is 0. The number of rotatable bonds is 4. The van der Waals surface area contributed by atoms with Crippen molar-refractivity contribution in [3.05, 3.63) is 0 Å². The van der Waals surface area contributed by atoms with Crippen LogP contribution in [0.3, 0.4) is 0 Å². The Bertz CT molecular complexity index is 169. The van der Waals surface area contributed by atoms with Crippen LogP contribution in [0.15, 0.2) is 0 Å². The molecule has 2 atom stereocenters. The molecule has 0 aromatic heterocycles. The van der Waals surface area contributed by atoms with Gasteiger partial charge in [0.1, 0.15) is 0 Å². The maximum atomic E-state index is 5.78. The van der Waals surface area contributed by atoms with Crippen LogP contribution in [0.1, 0.15) is 44.9 Å². The molecule has 1 saturated carbocycles. The first kappa shape index (κ1) is 11.4. The molecule has 0 bridgehead atoms. The fraction of sp³-hybridized carbons (Fsp3) is 1.00. The maximum Gasteiger partial charge on any atom is -0.00177 e. The first-order valence-electron chi connectivity index (χ1n) is 6.82. The van der Waals surface area contributed by atoms with Crippen LogP contribution in [-0.4, -0.2) is 19.6 Å². The molecule has 2 aliphatic rings. The van der Waals surface area contributed by atoms with Gasteiger partial charge in [0.25, 0.3) is 0 Å². The summed E-state index contributed by atoms with van der Waals surface area (Å²) >= 11 is 0. The Morgan fingerprint density at radius 3 is 2.40 bits per heavy atom. The number of nitrogens with one attached hydrogen (secondary N) is 1. The summed E-state index contributed by atoms with van der Waals surface area (Å²) in [5.74, 6) is 2.84. The SMILES string of the molecule is NCCC(C1CCCC1)C1CCCNC1. The van der Waals surface area contributed by atoms with E-state index in [0.29, 0.717) is 0 Å². The van der Waals surface area contributed by atoms with Crippen LogP contribution in [0.4, 0.5) is 0 Å². The second kappa shape index (κ2) is 5.86. The van der Waals surface area contributed by atoms with E-state index in [1.54, 1.807) is 0 Å². The van der Waals surface area contributed by atoms with Gasteiger partial charge >= 0.3 is 0 Å². The fourth-order valence-corrected chi connectivity index (χ4v) is 3.68. The smallest absolute Gasteiger partial charge is 0.00177 e. The standard InChI is InChI=1S/C13H26N2/c14-8-7-13(11-4-1-2-5-11)12-6-3-9-15-10-12/h11-13,15H,1-10,14H2. The lowest BCUT2D eigenvalue weighted by Crippen LogP contribution is -2.37. The van der Waals surface area contributed by atoms with Crippen molar-refractivity contribution >= 4 is 0 Å². The summed E-state index contributed by atoms with van der Waals surface area (Å²) in [7, 11) is 0. The van der Waals surface area contributed by atoms with Gasteiger partial charge in [0.2, 0.25) is 0 Å². The third-order valence-corrected chi connectivity index (χ3v) is 4.45. The van der Waals surface area contributed by atoms with E-state index in [1.165, 1.54) is 58.0 Å². The van der Waals surface area contributed by atoms with Gasteiger partial charge in [-0.1, -0.05) is 25.7 Å². The lowest BCUT2D eigenvalue weighted by molar-refractivity contribution is 0.181. The van der Waals surface area contributed by atoms with Crippen LogP contribution in [0.2, 0.25) is 0 Å². The lowest BCUT2D eigenvalue weighted by atomic mass is 9.75. The van der Waals surface area contributed by atoms with Crippen LogP contribution in [-0.2, 0) is 0 Å². The summed E-state index contributed by atoms with van der Waals surface area (Å²) in [6.45, 7) is 3.37. The van der Waals surface area contributed by atoms with Crippen molar-refractivity contribution in [3.8, 4) is 0 Å². The highest BCUT2D eigenvalue weighted by atomic mass is 14.9. The minimum Gasteiger partial charge on any atom is -0.330 e. The van der Waals surface area contributed by atoms with Crippen molar-refractivity contribution in [2.75, 3.05) is 19.6 Å². The lowest BCUT2D eigenvalue weighted by Gasteiger charge is -2.34. The van der Waals surface area contributed by atoms with E-state index in [2.05, 4.69) is 5.32 Å². The largest absolute Gasteiger partial charge is 0.330 e. The van der Waals surface area contributed by atoms with E-state index < -0.39 is 0 Å². The molecule has 2 unspecified atom stereocenters. The van der Waals surface area contributed by atoms with Gasteiger partial charge in [0.05, 0.1) is 0 Å². The summed E-state index contributed by atoms with van der Waals surface area (Å²) in [5, 5.41) is 3.56. The van der Waals surface area contributed by atoms with Crippen LogP contribution in [0, 0.1) is 17.8 Å². The van der Waals surface area contributed by atoms with E-state index in [9.17, 15) is 0 Å². The molecule has 0 radical (unpaired) electrons. The molecular formula is C13H26N2. The fourth-order valence-electron chi connectivity index (χ4n) is 3.68. The molecule has 2 fully saturated rings. The molecule has 0 amide bonds. The molecular weight excluding hydrogens is 184 g/mol. The number of nitrogens with two attached hydrogens (primary N) is 1. The van der Waals surface area contributed by atoms with E-state index in [4.69, 9.17) is 5.73 Å². The zero-order valence-electron chi connectivity index (χ0n) is 9.88. The second-order valence-corrected chi connectivity index (χ2v) is 5.39. The molecule has 1 heterocycles. The molecule has 1 aliphatic carbocycles. The van der Waals surface area contributed by atoms with E-state index in [0.717, 1.165) is 24.3 Å². The van der Waals surface area contributed by atoms with Crippen molar-refractivity contribution in [2.45, 2.75) is 44.9 Å². The minimum absolute atomic E-state index is 0.887. The van der Waals surface area contributed by atoms with Crippen molar-refractivity contribution in [1.82, 2.24) is 5.32 Å². The first-order chi connectivity index (χ1) is 7.42. The topological polar surface area (TPSA) is 38.0 Å². The zero-order valence-corrected chi connectivity index (χ0v) is 9.88. The Balaban J connectivity index is 1.90. The Morgan fingerprint density at radius 1 is 1.07 bits per heavy atom. The van der Waals surface area contributed by atoms with Gasteiger partial charge in [-0.3, -0.25) is 0 Å². The zero-order chi connectivity index (χ0) is 10.5. The average Bonchev–Trinajstić information content (AvgIpc) is 2.80. The van der Waals surface area contributed by atoms with Gasteiger partial charge in [0, 0.05) is 0 Å². The molecule has 1 aliphatic heterocycles. The summed E-state index contributed by atoms with van der Waals surface area (Å²) in [5.41, 5.74) is 5.78. The highest BCUT2D eigenvalue weighted by molar-refractivity contribution is 4.84. The Kier molecular flexibility index (Phi) is 4.45. The van der Waals surface area contributed by atoms with Crippen LogP contribution < -0.4 is 11.1 Å². The molecule has 0 spiro atoms. The molecule has 1 saturated heterocycles. The van der Waals surface area contributed by atoms with Gasteiger partial charge in [0.15, 0.2) is 0 Å². The monoisotopic (exact) mass is 210 g/mol. The Hall–Kier alpha value is -0.0800. The van der Waals surface area contributed by atoms with Crippen molar-refractivity contribution in [1.29, 1.82) is 0 Å². The molecule has 0 aromatic rings. The molecule has 88 valence electrons. The van der Waals surface area contributed by atoms with Gasteiger partial charge in [-0.05, 0) is 56.7 Å². The molecule has 3 N–H and O–H groups in total. The molecule has 2 rings (SSSR count). The second-order valence-electron chi connectivity index (χ2n) is 5.39. The molecule has 2 nitrogen and oxygen atoms in total. The summed E-state index contributed by atoms with van der Waals surface area (Å²) in [6, 6.07) is 0. The van der Waals surface area contributed by atoms with E-state index in [1.807, 2.05) is 0 Å². The Morgan fingerprint density at radius 2 is 1.80 bits per heavy atom. The molecule has 2 heteroatoms. The minimum atomic E-state index is 0.887. The first-order valence-corrected chi connectivity index (χ1v) is 6.82. The van der Waals surface area contributed by atoms with Crippen LogP contribution in [0.5, 0.6) is 0 Å². The number of hydrogen-bond acceptors (Lipinski definition) is 2. The van der Waals surface area contributed by atoms with Crippen LogP contribution in [0.25, 0.3) is 0 Å². The van der Waals surface area contributed by atoms with Gasteiger partial charge in [-0.15, -0.1) is 0 Å². The highest BCUT2D eigenvalue weighted by Crippen LogP contribution is 2.38. The predicted octanol–water partition coefficient (Wildman–Crippen LogP) is 2.14. The van der Waals surface area contributed by atoms with E-state index in [-0.39, 0.29) is 0 Å². The normalized spacial score (nSPS) is 30.6. The molecule has 0 aromatic carbocycles. The molecule has 15 heavy (non-hydrogen) atoms. The Labute approximate surface area is 94.0 Å². The maximum absolute atomic E-state index is 5.78.